The Morgan fingerprint density at radius 3 is 2.78 bits per heavy atom. The van der Waals surface area contributed by atoms with Crippen molar-refractivity contribution in [2.24, 2.45) is 11.8 Å². The average molecular weight is 269 g/mol. The molecule has 5 heteroatoms. The number of hydrogen-bond acceptors (Lipinski definition) is 4. The third kappa shape index (κ3) is 3.48. The second kappa shape index (κ2) is 6.23. The second-order valence-electron chi connectivity index (χ2n) is 5.26. The zero-order valence-corrected chi connectivity index (χ0v) is 11.6. The van der Waals surface area contributed by atoms with Crippen LogP contribution >= 0.6 is 11.6 Å². The predicted octanol–water partition coefficient (Wildman–Crippen LogP) is 3.34. The average Bonchev–Trinajstić information content (AvgIpc) is 2.37. The number of hydrogen-bond donors (Lipinski definition) is 2. The Labute approximate surface area is 113 Å². The van der Waals surface area contributed by atoms with E-state index in [4.69, 9.17) is 17.3 Å². The Morgan fingerprint density at radius 1 is 1.33 bits per heavy atom. The molecule has 1 heterocycles. The molecule has 2 rings (SSSR count). The van der Waals surface area contributed by atoms with Gasteiger partial charge in [0, 0.05) is 6.54 Å². The van der Waals surface area contributed by atoms with Crippen molar-refractivity contribution in [3.05, 3.63) is 11.3 Å². The quantitative estimate of drug-likeness (QED) is 0.879. The van der Waals surface area contributed by atoms with Gasteiger partial charge in [-0.05, 0) is 18.3 Å². The third-order valence-corrected chi connectivity index (χ3v) is 4.17. The van der Waals surface area contributed by atoms with E-state index in [0.29, 0.717) is 16.7 Å². The summed E-state index contributed by atoms with van der Waals surface area (Å²) in [5, 5.41) is 3.67. The summed E-state index contributed by atoms with van der Waals surface area (Å²) >= 11 is 6.02. The molecule has 0 unspecified atom stereocenters. The minimum absolute atomic E-state index is 0.334. The molecule has 4 nitrogen and oxygen atoms in total. The zero-order valence-electron chi connectivity index (χ0n) is 10.8. The maximum absolute atomic E-state index is 6.02. The molecular formula is C13H21ClN4. The van der Waals surface area contributed by atoms with Crippen molar-refractivity contribution in [2.45, 2.75) is 39.0 Å². The van der Waals surface area contributed by atoms with Gasteiger partial charge in [0.1, 0.15) is 23.0 Å². The smallest absolute Gasteiger partial charge is 0.150 e. The largest absolute Gasteiger partial charge is 0.382 e. The standard InChI is InChI=1S/C13H21ClN4/c1-9-2-4-10(5-3-9)6-7-16-13-11(14)12(15)17-8-18-13/h8-10H,2-7H2,1H3,(H3,15,16,17,18). The molecule has 0 radical (unpaired) electrons. The minimum Gasteiger partial charge on any atom is -0.382 e. The van der Waals surface area contributed by atoms with Crippen LogP contribution in [0, 0.1) is 11.8 Å². The van der Waals surface area contributed by atoms with E-state index < -0.39 is 0 Å². The molecule has 0 atom stereocenters. The van der Waals surface area contributed by atoms with Gasteiger partial charge in [-0.25, -0.2) is 9.97 Å². The van der Waals surface area contributed by atoms with Gasteiger partial charge in [0.15, 0.2) is 0 Å². The van der Waals surface area contributed by atoms with E-state index >= 15 is 0 Å². The van der Waals surface area contributed by atoms with Crippen LogP contribution in [0.4, 0.5) is 11.6 Å². The summed E-state index contributed by atoms with van der Waals surface area (Å²) in [6.45, 7) is 3.24. The summed E-state index contributed by atoms with van der Waals surface area (Å²) in [6.07, 6.45) is 8.04. The lowest BCUT2D eigenvalue weighted by Gasteiger charge is -2.26. The van der Waals surface area contributed by atoms with Crippen molar-refractivity contribution in [1.29, 1.82) is 0 Å². The first-order chi connectivity index (χ1) is 8.66. The van der Waals surface area contributed by atoms with E-state index in [1.54, 1.807) is 0 Å². The Balaban J connectivity index is 1.77. The van der Waals surface area contributed by atoms with Gasteiger partial charge in [-0.2, -0.15) is 0 Å². The first kappa shape index (κ1) is 13.4. The molecular weight excluding hydrogens is 248 g/mol. The van der Waals surface area contributed by atoms with E-state index in [1.807, 2.05) is 0 Å². The molecule has 100 valence electrons. The van der Waals surface area contributed by atoms with Gasteiger partial charge in [0.25, 0.3) is 0 Å². The maximum Gasteiger partial charge on any atom is 0.150 e. The number of nitrogens with two attached hydrogens (primary N) is 1. The topological polar surface area (TPSA) is 63.8 Å². The molecule has 0 saturated heterocycles. The lowest BCUT2D eigenvalue weighted by molar-refractivity contribution is 0.282. The normalized spacial score (nSPS) is 23.9. The molecule has 1 fully saturated rings. The Hall–Kier alpha value is -1.03. The summed E-state index contributed by atoms with van der Waals surface area (Å²) in [5.41, 5.74) is 5.63. The highest BCUT2D eigenvalue weighted by molar-refractivity contribution is 6.35. The number of anilines is 2. The van der Waals surface area contributed by atoms with Crippen molar-refractivity contribution in [2.75, 3.05) is 17.6 Å². The van der Waals surface area contributed by atoms with Crippen molar-refractivity contribution in [3.8, 4) is 0 Å². The summed E-state index contributed by atoms with van der Waals surface area (Å²) < 4.78 is 0. The Bertz CT molecular complexity index is 389. The highest BCUT2D eigenvalue weighted by Crippen LogP contribution is 2.30. The lowest BCUT2D eigenvalue weighted by atomic mass is 9.81. The fourth-order valence-electron chi connectivity index (χ4n) is 2.52. The van der Waals surface area contributed by atoms with Gasteiger partial charge in [0.05, 0.1) is 0 Å². The zero-order chi connectivity index (χ0) is 13.0. The third-order valence-electron chi connectivity index (χ3n) is 3.80. The molecule has 3 N–H and O–H groups in total. The fraction of sp³-hybridized carbons (Fsp3) is 0.692. The summed E-state index contributed by atoms with van der Waals surface area (Å²) in [5.74, 6) is 2.73. The number of aromatic nitrogens is 2. The van der Waals surface area contributed by atoms with Crippen molar-refractivity contribution < 1.29 is 0 Å². The molecule has 0 bridgehead atoms. The molecule has 0 spiro atoms. The van der Waals surface area contributed by atoms with Crippen LogP contribution in [0.5, 0.6) is 0 Å². The van der Waals surface area contributed by atoms with Crippen LogP contribution in [0.1, 0.15) is 39.0 Å². The van der Waals surface area contributed by atoms with Crippen LogP contribution in [0.25, 0.3) is 0 Å². The van der Waals surface area contributed by atoms with E-state index in [-0.39, 0.29) is 0 Å². The van der Waals surface area contributed by atoms with Crippen molar-refractivity contribution in [3.63, 3.8) is 0 Å². The van der Waals surface area contributed by atoms with Gasteiger partial charge < -0.3 is 11.1 Å². The van der Waals surface area contributed by atoms with Crippen LogP contribution in [0.2, 0.25) is 5.02 Å². The Morgan fingerprint density at radius 2 is 2.06 bits per heavy atom. The first-order valence-corrected chi connectivity index (χ1v) is 7.04. The molecule has 1 aromatic heterocycles. The van der Waals surface area contributed by atoms with Crippen LogP contribution in [-0.2, 0) is 0 Å². The second-order valence-corrected chi connectivity index (χ2v) is 5.64. The number of nitrogen functional groups attached to an aromatic ring is 1. The van der Waals surface area contributed by atoms with Gasteiger partial charge in [-0.3, -0.25) is 0 Å². The van der Waals surface area contributed by atoms with Crippen molar-refractivity contribution in [1.82, 2.24) is 9.97 Å². The maximum atomic E-state index is 6.02. The molecule has 1 aliphatic rings. The van der Waals surface area contributed by atoms with E-state index in [1.165, 1.54) is 38.4 Å². The van der Waals surface area contributed by atoms with Crippen LogP contribution in [0.3, 0.4) is 0 Å². The van der Waals surface area contributed by atoms with E-state index in [2.05, 4.69) is 22.2 Å². The van der Waals surface area contributed by atoms with Gasteiger partial charge >= 0.3 is 0 Å². The summed E-state index contributed by atoms with van der Waals surface area (Å²) in [4.78, 5) is 7.94. The molecule has 1 aromatic rings. The van der Waals surface area contributed by atoms with Crippen molar-refractivity contribution >= 4 is 23.2 Å². The Kier molecular flexibility index (Phi) is 4.64. The highest BCUT2D eigenvalue weighted by atomic mass is 35.5. The lowest BCUT2D eigenvalue weighted by Crippen LogP contribution is -2.16. The molecule has 0 aromatic carbocycles. The monoisotopic (exact) mass is 268 g/mol. The SMILES string of the molecule is CC1CCC(CCNc2ncnc(N)c2Cl)CC1. The highest BCUT2D eigenvalue weighted by Gasteiger charge is 2.17. The minimum atomic E-state index is 0.334. The fourth-order valence-corrected chi connectivity index (χ4v) is 2.68. The summed E-state index contributed by atoms with van der Waals surface area (Å²) in [6, 6.07) is 0. The number of nitrogens with zero attached hydrogens (tertiary/aromatic N) is 2. The van der Waals surface area contributed by atoms with Gasteiger partial charge in [-0.1, -0.05) is 44.2 Å². The van der Waals surface area contributed by atoms with Crippen LogP contribution in [-0.4, -0.2) is 16.5 Å². The molecule has 0 aliphatic heterocycles. The number of halogens is 1. The first-order valence-electron chi connectivity index (χ1n) is 6.66. The predicted molar refractivity (Wildman–Crippen MR) is 75.7 cm³/mol. The molecule has 0 amide bonds. The van der Waals surface area contributed by atoms with Gasteiger partial charge in [-0.15, -0.1) is 0 Å². The molecule has 1 aliphatic carbocycles. The van der Waals surface area contributed by atoms with Gasteiger partial charge in [0.2, 0.25) is 0 Å². The molecule has 1 saturated carbocycles. The summed E-state index contributed by atoms with van der Waals surface area (Å²) in [7, 11) is 0. The van der Waals surface area contributed by atoms with Crippen LogP contribution in [0.15, 0.2) is 6.33 Å². The number of nitrogens with one attached hydrogen (secondary N) is 1. The molecule has 18 heavy (non-hydrogen) atoms. The van der Waals surface area contributed by atoms with Crippen LogP contribution < -0.4 is 11.1 Å². The van der Waals surface area contributed by atoms with E-state index in [0.717, 1.165) is 18.4 Å². The van der Waals surface area contributed by atoms with E-state index in [9.17, 15) is 0 Å². The number of rotatable bonds is 4.